The number of hydrogen-bond donors (Lipinski definition) is 1. The van der Waals surface area contributed by atoms with Crippen molar-refractivity contribution in [3.8, 4) is 5.75 Å². The van der Waals surface area contributed by atoms with Gasteiger partial charge < -0.3 is 9.15 Å². The summed E-state index contributed by atoms with van der Waals surface area (Å²) >= 11 is 1.58. The van der Waals surface area contributed by atoms with E-state index in [2.05, 4.69) is 15.5 Å². The molecule has 0 radical (unpaired) electrons. The van der Waals surface area contributed by atoms with Crippen LogP contribution in [0.25, 0.3) is 0 Å². The fourth-order valence-corrected chi connectivity index (χ4v) is 2.71. The highest BCUT2D eigenvalue weighted by atomic mass is 32.2. The van der Waals surface area contributed by atoms with Crippen LogP contribution < -0.4 is 10.1 Å². The molecule has 0 unspecified atom stereocenters. The number of benzene rings is 2. The number of amides is 1. The number of anilines is 1. The lowest BCUT2D eigenvalue weighted by Gasteiger charge is -2.03. The van der Waals surface area contributed by atoms with Crippen molar-refractivity contribution in [2.45, 2.75) is 10.6 Å². The largest absolute Gasteiger partial charge is 0.497 e. The average Bonchev–Trinajstić information content (AvgIpc) is 3.08. The van der Waals surface area contributed by atoms with Gasteiger partial charge in [0.1, 0.15) is 5.75 Å². The Balaban J connectivity index is 1.60. The Hall–Kier alpha value is -2.80. The van der Waals surface area contributed by atoms with E-state index >= 15 is 0 Å². The minimum Gasteiger partial charge on any atom is -0.497 e. The summed E-state index contributed by atoms with van der Waals surface area (Å²) in [6.45, 7) is 0. The van der Waals surface area contributed by atoms with Crippen LogP contribution >= 0.6 is 11.8 Å². The topological polar surface area (TPSA) is 77.2 Å². The van der Waals surface area contributed by atoms with Crippen LogP contribution in [0.1, 0.15) is 16.2 Å². The van der Waals surface area contributed by atoms with E-state index in [1.165, 1.54) is 0 Å². The molecular weight excluding hydrogens is 326 g/mol. The molecule has 0 aliphatic carbocycles. The molecule has 1 amide bonds. The summed E-state index contributed by atoms with van der Waals surface area (Å²) in [5.74, 6) is 1.25. The van der Waals surface area contributed by atoms with Gasteiger partial charge in [0.15, 0.2) is 0 Å². The minimum absolute atomic E-state index is 0.0754. The number of nitrogens with zero attached hydrogens (tertiary/aromatic N) is 2. The summed E-state index contributed by atoms with van der Waals surface area (Å²) in [5.41, 5.74) is 0.452. The molecule has 0 bridgehead atoms. The minimum atomic E-state index is -0.334. The Morgan fingerprint density at radius 2 is 2.00 bits per heavy atom. The maximum Gasteiger partial charge on any atom is 0.322 e. The van der Waals surface area contributed by atoms with E-state index < -0.39 is 0 Å². The molecule has 122 valence electrons. The SMILES string of the molecule is COc1cccc(C(=O)Nc2nnc(CSc3ccccc3)o2)c1. The molecule has 1 heterocycles. The van der Waals surface area contributed by atoms with Gasteiger partial charge in [-0.2, -0.15) is 0 Å². The lowest BCUT2D eigenvalue weighted by molar-refractivity contribution is 0.102. The van der Waals surface area contributed by atoms with Crippen LogP contribution in [-0.2, 0) is 5.75 Å². The molecule has 0 saturated carbocycles. The monoisotopic (exact) mass is 341 g/mol. The van der Waals surface area contributed by atoms with E-state index in [4.69, 9.17) is 9.15 Å². The quantitative estimate of drug-likeness (QED) is 0.690. The summed E-state index contributed by atoms with van der Waals surface area (Å²) in [7, 11) is 1.55. The van der Waals surface area contributed by atoms with Crippen molar-refractivity contribution in [1.29, 1.82) is 0 Å². The second kappa shape index (κ2) is 7.65. The standard InChI is InChI=1S/C17H15N3O3S/c1-22-13-7-5-6-12(10-13)16(21)18-17-20-19-15(23-17)11-24-14-8-3-2-4-9-14/h2-10H,11H2,1H3,(H,18,20,21). The third kappa shape index (κ3) is 4.14. The highest BCUT2D eigenvalue weighted by Gasteiger charge is 2.12. The third-order valence-corrected chi connectivity index (χ3v) is 4.12. The molecule has 2 aromatic carbocycles. The van der Waals surface area contributed by atoms with Crippen LogP contribution in [0.2, 0.25) is 0 Å². The van der Waals surface area contributed by atoms with Crippen molar-refractivity contribution in [3.05, 3.63) is 66.1 Å². The van der Waals surface area contributed by atoms with E-state index in [-0.39, 0.29) is 11.9 Å². The molecule has 24 heavy (non-hydrogen) atoms. The van der Waals surface area contributed by atoms with Crippen molar-refractivity contribution in [1.82, 2.24) is 10.2 Å². The Morgan fingerprint density at radius 1 is 1.17 bits per heavy atom. The summed E-state index contributed by atoms with van der Waals surface area (Å²) in [6, 6.07) is 16.8. The van der Waals surface area contributed by atoms with Gasteiger partial charge in [-0.15, -0.1) is 16.9 Å². The Kier molecular flexibility index (Phi) is 5.12. The molecule has 0 aliphatic rings. The summed E-state index contributed by atoms with van der Waals surface area (Å²) < 4.78 is 10.5. The number of hydrogen-bond acceptors (Lipinski definition) is 6. The van der Waals surface area contributed by atoms with Gasteiger partial charge in [0.05, 0.1) is 12.9 Å². The zero-order valence-electron chi connectivity index (χ0n) is 12.9. The van der Waals surface area contributed by atoms with E-state index in [0.29, 0.717) is 23.0 Å². The highest BCUT2D eigenvalue weighted by molar-refractivity contribution is 7.98. The van der Waals surface area contributed by atoms with E-state index in [1.807, 2.05) is 30.3 Å². The highest BCUT2D eigenvalue weighted by Crippen LogP contribution is 2.22. The molecule has 3 aromatic rings. The fourth-order valence-electron chi connectivity index (χ4n) is 1.96. The lowest BCUT2D eigenvalue weighted by Crippen LogP contribution is -2.12. The van der Waals surface area contributed by atoms with Crippen LogP contribution in [0, 0.1) is 0 Å². The van der Waals surface area contributed by atoms with Crippen LogP contribution in [-0.4, -0.2) is 23.2 Å². The zero-order chi connectivity index (χ0) is 16.8. The second-order valence-corrected chi connectivity index (χ2v) is 5.84. The maximum absolute atomic E-state index is 12.2. The summed E-state index contributed by atoms with van der Waals surface area (Å²) in [6.07, 6.45) is 0. The van der Waals surface area contributed by atoms with Gasteiger partial charge in [0.25, 0.3) is 5.91 Å². The first-order valence-corrected chi connectivity index (χ1v) is 8.19. The van der Waals surface area contributed by atoms with E-state index in [1.54, 1.807) is 43.1 Å². The second-order valence-electron chi connectivity index (χ2n) is 4.79. The van der Waals surface area contributed by atoms with Crippen LogP contribution in [0.4, 0.5) is 6.01 Å². The molecule has 3 rings (SSSR count). The first kappa shape index (κ1) is 16.1. The van der Waals surface area contributed by atoms with Gasteiger partial charge in [-0.3, -0.25) is 10.1 Å². The fraction of sp³-hybridized carbons (Fsp3) is 0.118. The molecule has 1 aromatic heterocycles. The predicted molar refractivity (Wildman–Crippen MR) is 91.2 cm³/mol. The van der Waals surface area contributed by atoms with Crippen molar-refractivity contribution in [3.63, 3.8) is 0 Å². The van der Waals surface area contributed by atoms with Gasteiger partial charge in [-0.25, -0.2) is 0 Å². The number of thioether (sulfide) groups is 1. The Labute approximate surface area is 143 Å². The number of nitrogens with one attached hydrogen (secondary N) is 1. The molecule has 0 atom stereocenters. The molecule has 1 N–H and O–H groups in total. The van der Waals surface area contributed by atoms with Gasteiger partial charge in [-0.1, -0.05) is 29.4 Å². The van der Waals surface area contributed by atoms with Crippen molar-refractivity contribution >= 4 is 23.7 Å². The van der Waals surface area contributed by atoms with Crippen LogP contribution in [0.3, 0.4) is 0 Å². The number of methoxy groups -OCH3 is 1. The third-order valence-electron chi connectivity index (χ3n) is 3.12. The van der Waals surface area contributed by atoms with Crippen LogP contribution in [0.15, 0.2) is 63.9 Å². The van der Waals surface area contributed by atoms with Gasteiger partial charge in [0, 0.05) is 10.5 Å². The van der Waals surface area contributed by atoms with Crippen molar-refractivity contribution in [2.24, 2.45) is 0 Å². The number of carbonyl (C=O) groups excluding carboxylic acids is 1. The number of aromatic nitrogens is 2. The van der Waals surface area contributed by atoms with Gasteiger partial charge >= 0.3 is 6.01 Å². The molecule has 6 nitrogen and oxygen atoms in total. The first-order valence-electron chi connectivity index (χ1n) is 7.20. The molecule has 0 aliphatic heterocycles. The van der Waals surface area contributed by atoms with E-state index in [9.17, 15) is 4.79 Å². The Bertz CT molecular complexity index is 821. The maximum atomic E-state index is 12.2. The number of ether oxygens (including phenoxy) is 1. The average molecular weight is 341 g/mol. The number of rotatable bonds is 6. The molecule has 0 spiro atoms. The molecule has 0 saturated heterocycles. The van der Waals surface area contributed by atoms with Crippen molar-refractivity contribution in [2.75, 3.05) is 12.4 Å². The normalized spacial score (nSPS) is 10.4. The zero-order valence-corrected chi connectivity index (χ0v) is 13.7. The molecular formula is C17H15N3O3S. The predicted octanol–water partition coefficient (Wildman–Crippen LogP) is 3.62. The number of carbonyl (C=O) groups is 1. The molecule has 7 heteroatoms. The lowest BCUT2D eigenvalue weighted by atomic mass is 10.2. The first-order chi connectivity index (χ1) is 11.7. The Morgan fingerprint density at radius 3 is 2.79 bits per heavy atom. The van der Waals surface area contributed by atoms with Crippen LogP contribution in [0.5, 0.6) is 5.75 Å². The molecule has 0 fully saturated rings. The van der Waals surface area contributed by atoms with E-state index in [0.717, 1.165) is 4.90 Å². The van der Waals surface area contributed by atoms with Gasteiger partial charge in [-0.05, 0) is 30.3 Å². The summed E-state index contributed by atoms with van der Waals surface area (Å²) in [4.78, 5) is 13.3. The van der Waals surface area contributed by atoms with Gasteiger partial charge in [0.2, 0.25) is 5.89 Å². The summed E-state index contributed by atoms with van der Waals surface area (Å²) in [5, 5.41) is 10.4. The van der Waals surface area contributed by atoms with Crippen molar-refractivity contribution < 1.29 is 13.9 Å². The smallest absolute Gasteiger partial charge is 0.322 e.